The number of rotatable bonds is 6. The molecule has 1 aliphatic rings. The molecule has 1 aromatic carbocycles. The number of para-hydroxylation sites is 1. The molecule has 0 bridgehead atoms. The summed E-state index contributed by atoms with van der Waals surface area (Å²) >= 11 is 3.34. The molecule has 2 aromatic rings. The van der Waals surface area contributed by atoms with Crippen molar-refractivity contribution in [2.45, 2.75) is 19.4 Å². The molecule has 1 aliphatic heterocycles. The first-order chi connectivity index (χ1) is 14.0. The minimum atomic E-state index is -0.414. The van der Waals surface area contributed by atoms with Crippen molar-refractivity contribution in [2.75, 3.05) is 25.0 Å². The molecule has 154 valence electrons. The summed E-state index contributed by atoms with van der Waals surface area (Å²) < 4.78 is 11.1. The number of ether oxygens (including phenoxy) is 1. The average molecular weight is 464 g/mol. The molecule has 0 unspecified atom stereocenters. The first-order valence-corrected chi connectivity index (χ1v) is 10.1. The second-order valence-electron chi connectivity index (χ2n) is 6.64. The maximum atomic E-state index is 12.2. The van der Waals surface area contributed by atoms with Gasteiger partial charge in [0.2, 0.25) is 0 Å². The number of carbonyl (C=O) groups excluding carboxylic acids is 3. The number of urea groups is 1. The number of likely N-dealkylation sites (tertiary alicyclic amines) is 1. The van der Waals surface area contributed by atoms with Crippen LogP contribution in [0.15, 0.2) is 51.6 Å². The number of halogens is 1. The topological polar surface area (TPSA) is 101 Å². The van der Waals surface area contributed by atoms with Crippen LogP contribution in [0.5, 0.6) is 0 Å². The number of nitrogens with one attached hydrogen (secondary N) is 2. The Kier molecular flexibility index (Phi) is 7.29. The van der Waals surface area contributed by atoms with Gasteiger partial charge in [-0.25, -0.2) is 4.79 Å². The summed E-state index contributed by atoms with van der Waals surface area (Å²) in [5.74, 6) is -0.457. The molecule has 0 atom stereocenters. The van der Waals surface area contributed by atoms with Crippen molar-refractivity contribution in [3.05, 3.63) is 52.9 Å². The van der Waals surface area contributed by atoms with Gasteiger partial charge in [0.05, 0.1) is 24.4 Å². The zero-order valence-corrected chi connectivity index (χ0v) is 17.3. The molecule has 0 radical (unpaired) electrons. The number of hydrogen-bond donors (Lipinski definition) is 2. The van der Waals surface area contributed by atoms with Gasteiger partial charge in [-0.1, -0.05) is 12.1 Å². The summed E-state index contributed by atoms with van der Waals surface area (Å²) in [6, 6.07) is 10.5. The Balaban J connectivity index is 1.36. The van der Waals surface area contributed by atoms with Crippen molar-refractivity contribution in [1.82, 2.24) is 10.2 Å². The summed E-state index contributed by atoms with van der Waals surface area (Å²) in [6.45, 7) is 0.879. The molecule has 0 aliphatic carbocycles. The molecule has 2 heterocycles. The van der Waals surface area contributed by atoms with E-state index in [1.54, 1.807) is 41.5 Å². The molecule has 0 saturated carbocycles. The summed E-state index contributed by atoms with van der Waals surface area (Å²) in [5, 5.41) is 5.47. The van der Waals surface area contributed by atoms with Gasteiger partial charge in [-0.2, -0.15) is 0 Å². The van der Waals surface area contributed by atoms with E-state index in [1.165, 1.54) is 0 Å². The fourth-order valence-electron chi connectivity index (χ4n) is 3.01. The van der Waals surface area contributed by atoms with Crippen LogP contribution in [0.2, 0.25) is 0 Å². The molecule has 0 spiro atoms. The van der Waals surface area contributed by atoms with Crippen LogP contribution in [-0.2, 0) is 20.9 Å². The second kappa shape index (κ2) is 10.1. The van der Waals surface area contributed by atoms with E-state index >= 15 is 0 Å². The lowest BCUT2D eigenvalue weighted by molar-refractivity contribution is -0.152. The Bertz CT molecular complexity index is 848. The van der Waals surface area contributed by atoms with E-state index in [0.29, 0.717) is 43.9 Å². The minimum Gasteiger partial charge on any atom is -0.467 e. The lowest BCUT2D eigenvalue weighted by atomic mass is 9.97. The monoisotopic (exact) mass is 463 g/mol. The second-order valence-corrected chi connectivity index (χ2v) is 7.49. The van der Waals surface area contributed by atoms with Crippen molar-refractivity contribution in [3.8, 4) is 0 Å². The van der Waals surface area contributed by atoms with Crippen LogP contribution in [0.4, 0.5) is 10.5 Å². The number of benzene rings is 1. The standard InChI is InChI=1S/C20H22BrN3O5/c21-16-5-1-2-6-17(16)23-18(25)13-29-19(26)14-7-9-24(10-8-14)20(27)22-12-15-4-3-11-28-15/h1-6,11,14H,7-10,12-13H2,(H,22,27)(H,23,25). The lowest BCUT2D eigenvalue weighted by Gasteiger charge is -2.30. The van der Waals surface area contributed by atoms with Crippen LogP contribution in [0.25, 0.3) is 0 Å². The summed E-state index contributed by atoms with van der Waals surface area (Å²) in [4.78, 5) is 38.1. The van der Waals surface area contributed by atoms with Crippen LogP contribution in [0, 0.1) is 5.92 Å². The van der Waals surface area contributed by atoms with E-state index in [0.717, 1.165) is 4.47 Å². The highest BCUT2D eigenvalue weighted by atomic mass is 79.9. The number of esters is 1. The van der Waals surface area contributed by atoms with Gasteiger partial charge >= 0.3 is 12.0 Å². The van der Waals surface area contributed by atoms with Crippen LogP contribution >= 0.6 is 15.9 Å². The molecule has 29 heavy (non-hydrogen) atoms. The van der Waals surface area contributed by atoms with Gasteiger partial charge in [-0.05, 0) is 53.0 Å². The smallest absolute Gasteiger partial charge is 0.317 e. The highest BCUT2D eigenvalue weighted by molar-refractivity contribution is 9.10. The highest BCUT2D eigenvalue weighted by Gasteiger charge is 2.28. The summed E-state index contributed by atoms with van der Waals surface area (Å²) in [7, 11) is 0. The van der Waals surface area contributed by atoms with Crippen LogP contribution in [-0.4, -0.2) is 42.5 Å². The SMILES string of the molecule is O=C(COC(=O)C1CCN(C(=O)NCc2ccco2)CC1)Nc1ccccc1Br. The normalized spacial score (nSPS) is 14.3. The Morgan fingerprint density at radius 1 is 1.14 bits per heavy atom. The van der Waals surface area contributed by atoms with Crippen molar-refractivity contribution >= 4 is 39.5 Å². The lowest BCUT2D eigenvalue weighted by Crippen LogP contribution is -2.45. The van der Waals surface area contributed by atoms with E-state index in [2.05, 4.69) is 26.6 Å². The zero-order valence-electron chi connectivity index (χ0n) is 15.7. The Hall–Kier alpha value is -2.81. The molecule has 8 nitrogen and oxygen atoms in total. The fourth-order valence-corrected chi connectivity index (χ4v) is 3.39. The average Bonchev–Trinajstić information content (AvgIpc) is 3.26. The van der Waals surface area contributed by atoms with E-state index in [4.69, 9.17) is 9.15 Å². The van der Waals surface area contributed by atoms with Crippen molar-refractivity contribution in [1.29, 1.82) is 0 Å². The Morgan fingerprint density at radius 2 is 1.90 bits per heavy atom. The number of anilines is 1. The van der Waals surface area contributed by atoms with Gasteiger partial charge in [-0.15, -0.1) is 0 Å². The number of nitrogens with zero attached hydrogens (tertiary/aromatic N) is 1. The van der Waals surface area contributed by atoms with Gasteiger partial charge in [0.1, 0.15) is 5.76 Å². The van der Waals surface area contributed by atoms with Crippen LogP contribution in [0.1, 0.15) is 18.6 Å². The molecule has 1 aromatic heterocycles. The molecule has 3 amide bonds. The fraction of sp³-hybridized carbons (Fsp3) is 0.350. The molecule has 2 N–H and O–H groups in total. The molecule has 1 fully saturated rings. The Morgan fingerprint density at radius 3 is 2.59 bits per heavy atom. The molecular weight excluding hydrogens is 442 g/mol. The van der Waals surface area contributed by atoms with Gasteiger partial charge in [0.25, 0.3) is 5.91 Å². The predicted octanol–water partition coefficient (Wildman–Crippen LogP) is 3.15. The first-order valence-electron chi connectivity index (χ1n) is 9.29. The van der Waals surface area contributed by atoms with Crippen LogP contribution in [0.3, 0.4) is 0 Å². The summed E-state index contributed by atoms with van der Waals surface area (Å²) in [5.41, 5.74) is 0.613. The van der Waals surface area contributed by atoms with E-state index in [1.807, 2.05) is 6.07 Å². The Labute approximate surface area is 176 Å². The van der Waals surface area contributed by atoms with Crippen molar-refractivity contribution in [3.63, 3.8) is 0 Å². The maximum absolute atomic E-state index is 12.2. The maximum Gasteiger partial charge on any atom is 0.317 e. The molecule has 9 heteroatoms. The number of carbonyl (C=O) groups is 3. The van der Waals surface area contributed by atoms with Crippen LogP contribution < -0.4 is 10.6 Å². The van der Waals surface area contributed by atoms with E-state index in [-0.39, 0.29) is 18.6 Å². The zero-order chi connectivity index (χ0) is 20.6. The van der Waals surface area contributed by atoms with Gasteiger partial charge in [0, 0.05) is 17.6 Å². The van der Waals surface area contributed by atoms with E-state index in [9.17, 15) is 14.4 Å². The third-order valence-electron chi connectivity index (χ3n) is 4.60. The van der Waals surface area contributed by atoms with Crippen molar-refractivity contribution in [2.24, 2.45) is 5.92 Å². The number of hydrogen-bond acceptors (Lipinski definition) is 5. The summed E-state index contributed by atoms with van der Waals surface area (Å²) in [6.07, 6.45) is 2.55. The van der Waals surface area contributed by atoms with E-state index < -0.39 is 11.9 Å². The molecule has 3 rings (SSSR count). The van der Waals surface area contributed by atoms with Crippen molar-refractivity contribution < 1.29 is 23.5 Å². The predicted molar refractivity (Wildman–Crippen MR) is 109 cm³/mol. The molecular formula is C20H22BrN3O5. The number of piperidine rings is 1. The highest BCUT2D eigenvalue weighted by Crippen LogP contribution is 2.21. The molecule has 1 saturated heterocycles. The quantitative estimate of drug-likeness (QED) is 0.640. The number of amides is 3. The largest absolute Gasteiger partial charge is 0.467 e. The third kappa shape index (κ3) is 6.08. The third-order valence-corrected chi connectivity index (χ3v) is 5.29. The van der Waals surface area contributed by atoms with Gasteiger partial charge in [0.15, 0.2) is 6.61 Å². The first kappa shape index (κ1) is 20.9. The number of furan rings is 1. The minimum absolute atomic E-state index is 0.193. The van der Waals surface area contributed by atoms with Gasteiger partial charge < -0.3 is 24.7 Å². The van der Waals surface area contributed by atoms with Gasteiger partial charge in [-0.3, -0.25) is 9.59 Å².